The summed E-state index contributed by atoms with van der Waals surface area (Å²) < 4.78 is 0. The van der Waals surface area contributed by atoms with Crippen LogP contribution in [-0.2, 0) is 9.59 Å². The highest BCUT2D eigenvalue weighted by atomic mass is 16.2. The fourth-order valence-corrected chi connectivity index (χ4v) is 4.47. The zero-order valence-corrected chi connectivity index (χ0v) is 16.4. The Kier molecular flexibility index (Phi) is 5.15. The van der Waals surface area contributed by atoms with Gasteiger partial charge in [-0.1, -0.05) is 0 Å². The number of hydrogen-bond donors (Lipinski definition) is 1. The summed E-state index contributed by atoms with van der Waals surface area (Å²) in [5.41, 5.74) is 3.02. The van der Waals surface area contributed by atoms with E-state index in [1.807, 2.05) is 11.0 Å². The summed E-state index contributed by atoms with van der Waals surface area (Å²) in [6.45, 7) is 4.68. The average molecular weight is 381 g/mol. The number of aromatic nitrogens is 2. The first-order valence-electron chi connectivity index (χ1n) is 10.1. The third-order valence-electron chi connectivity index (χ3n) is 5.99. The zero-order chi connectivity index (χ0) is 19.6. The Morgan fingerprint density at radius 2 is 1.96 bits per heavy atom. The van der Waals surface area contributed by atoms with Crippen molar-refractivity contribution in [2.75, 3.05) is 31.1 Å². The fourth-order valence-electron chi connectivity index (χ4n) is 4.47. The van der Waals surface area contributed by atoms with Gasteiger partial charge in [0.25, 0.3) is 0 Å². The van der Waals surface area contributed by atoms with Gasteiger partial charge in [0, 0.05) is 57.6 Å². The summed E-state index contributed by atoms with van der Waals surface area (Å²) in [5, 5.41) is 2.76. The lowest BCUT2D eigenvalue weighted by atomic mass is 9.77. The Morgan fingerprint density at radius 1 is 1.14 bits per heavy atom. The van der Waals surface area contributed by atoms with Crippen molar-refractivity contribution >= 4 is 28.5 Å². The average Bonchev–Trinajstić information content (AvgIpc) is 2.70. The van der Waals surface area contributed by atoms with Gasteiger partial charge >= 0.3 is 0 Å². The van der Waals surface area contributed by atoms with E-state index in [2.05, 4.69) is 32.3 Å². The lowest BCUT2D eigenvalue weighted by Crippen LogP contribution is -2.67. The van der Waals surface area contributed by atoms with E-state index in [1.54, 1.807) is 12.4 Å². The number of carbonyl (C=O) groups is 2. The molecule has 0 radical (unpaired) electrons. The van der Waals surface area contributed by atoms with Crippen LogP contribution in [0.15, 0.2) is 30.6 Å². The predicted octanol–water partition coefficient (Wildman–Crippen LogP) is 2.12. The molecule has 0 aliphatic carbocycles. The Bertz CT molecular complexity index is 886. The van der Waals surface area contributed by atoms with Gasteiger partial charge in [-0.15, -0.1) is 0 Å². The van der Waals surface area contributed by atoms with E-state index in [0.29, 0.717) is 19.4 Å². The number of nitrogens with zero attached hydrogens (tertiary/aromatic N) is 4. The molecular formula is C21H27N5O2. The first-order chi connectivity index (χ1) is 13.6. The van der Waals surface area contributed by atoms with E-state index in [0.717, 1.165) is 49.9 Å². The molecule has 0 saturated carbocycles. The van der Waals surface area contributed by atoms with Crippen molar-refractivity contribution in [3.05, 3.63) is 30.6 Å². The molecule has 2 aromatic rings. The molecule has 1 aromatic carbocycles. The number of carbonyl (C=O) groups excluding carboxylic acids is 2. The van der Waals surface area contributed by atoms with Crippen LogP contribution in [0.2, 0.25) is 0 Å². The first-order valence-corrected chi connectivity index (χ1v) is 10.1. The van der Waals surface area contributed by atoms with Crippen LogP contribution in [0.5, 0.6) is 0 Å². The number of hydrogen-bond acceptors (Lipinski definition) is 5. The molecule has 0 bridgehead atoms. The molecule has 7 heteroatoms. The van der Waals surface area contributed by atoms with Crippen LogP contribution in [-0.4, -0.2) is 58.4 Å². The van der Waals surface area contributed by atoms with Crippen molar-refractivity contribution < 1.29 is 9.59 Å². The highest BCUT2D eigenvalue weighted by Gasteiger charge is 2.48. The first kappa shape index (κ1) is 18.7. The van der Waals surface area contributed by atoms with E-state index in [4.69, 9.17) is 0 Å². The van der Waals surface area contributed by atoms with Gasteiger partial charge in [0.15, 0.2) is 0 Å². The fraction of sp³-hybridized carbons (Fsp3) is 0.524. The predicted molar refractivity (Wildman–Crippen MR) is 108 cm³/mol. The highest BCUT2D eigenvalue weighted by Crippen LogP contribution is 2.42. The van der Waals surface area contributed by atoms with E-state index in [9.17, 15) is 9.59 Å². The SMILES string of the molecule is CC(=O)NCCCC(=O)N1CCCC2(CCN2c2ccc3nccnc3c2)C1. The molecule has 1 aromatic heterocycles. The van der Waals surface area contributed by atoms with Gasteiger partial charge in [-0.3, -0.25) is 19.6 Å². The summed E-state index contributed by atoms with van der Waals surface area (Å²) in [4.78, 5) is 36.9. The van der Waals surface area contributed by atoms with Crippen molar-refractivity contribution in [1.29, 1.82) is 0 Å². The molecule has 28 heavy (non-hydrogen) atoms. The van der Waals surface area contributed by atoms with Crippen LogP contribution in [0.1, 0.15) is 39.0 Å². The number of fused-ring (bicyclic) bond motifs is 1. The molecule has 3 heterocycles. The third kappa shape index (κ3) is 3.66. The number of anilines is 1. The number of likely N-dealkylation sites (tertiary alicyclic amines) is 1. The highest BCUT2D eigenvalue weighted by molar-refractivity contribution is 5.80. The van der Waals surface area contributed by atoms with E-state index in [1.165, 1.54) is 12.6 Å². The molecule has 4 rings (SSSR count). The maximum absolute atomic E-state index is 12.7. The number of rotatable bonds is 5. The maximum Gasteiger partial charge on any atom is 0.222 e. The summed E-state index contributed by atoms with van der Waals surface area (Å²) in [6, 6.07) is 6.25. The normalized spacial score (nSPS) is 21.6. The molecule has 2 aliphatic heterocycles. The Morgan fingerprint density at radius 3 is 2.71 bits per heavy atom. The molecular weight excluding hydrogens is 354 g/mol. The third-order valence-corrected chi connectivity index (χ3v) is 5.99. The van der Waals surface area contributed by atoms with Gasteiger partial charge in [-0.05, 0) is 43.9 Å². The van der Waals surface area contributed by atoms with Crippen molar-refractivity contribution in [2.45, 2.75) is 44.6 Å². The molecule has 1 spiro atoms. The van der Waals surface area contributed by atoms with Crippen molar-refractivity contribution in [3.8, 4) is 0 Å². The van der Waals surface area contributed by atoms with Gasteiger partial charge in [-0.25, -0.2) is 0 Å². The Labute approximate surface area is 165 Å². The molecule has 148 valence electrons. The molecule has 2 saturated heterocycles. The summed E-state index contributed by atoms with van der Waals surface area (Å²) in [6.07, 6.45) is 7.87. The minimum absolute atomic E-state index is 0.0431. The molecule has 2 amide bonds. The van der Waals surface area contributed by atoms with Crippen LogP contribution in [0.4, 0.5) is 5.69 Å². The van der Waals surface area contributed by atoms with Crippen LogP contribution in [0.25, 0.3) is 11.0 Å². The van der Waals surface area contributed by atoms with E-state index < -0.39 is 0 Å². The second-order valence-electron chi connectivity index (χ2n) is 7.86. The second-order valence-corrected chi connectivity index (χ2v) is 7.86. The van der Waals surface area contributed by atoms with Crippen molar-refractivity contribution in [1.82, 2.24) is 20.2 Å². The van der Waals surface area contributed by atoms with Crippen molar-refractivity contribution in [2.24, 2.45) is 0 Å². The van der Waals surface area contributed by atoms with Crippen LogP contribution >= 0.6 is 0 Å². The molecule has 1 atom stereocenters. The van der Waals surface area contributed by atoms with E-state index >= 15 is 0 Å². The van der Waals surface area contributed by atoms with Gasteiger partial charge in [0.1, 0.15) is 0 Å². The van der Waals surface area contributed by atoms with E-state index in [-0.39, 0.29) is 17.4 Å². The molecule has 1 N–H and O–H groups in total. The lowest BCUT2D eigenvalue weighted by molar-refractivity contribution is -0.134. The minimum atomic E-state index is -0.0467. The molecule has 2 aliphatic rings. The van der Waals surface area contributed by atoms with Gasteiger partial charge in [0.2, 0.25) is 11.8 Å². The standard InChI is InChI=1S/C21H27N5O2/c1-16(27)22-9-2-4-20(28)25-12-3-7-21(15-25)8-13-26(21)17-5-6-18-19(14-17)24-11-10-23-18/h5-6,10-11,14H,2-4,7-9,12-13,15H2,1H3,(H,22,27). The van der Waals surface area contributed by atoms with Crippen LogP contribution in [0, 0.1) is 0 Å². The monoisotopic (exact) mass is 381 g/mol. The molecule has 7 nitrogen and oxygen atoms in total. The lowest BCUT2D eigenvalue weighted by Gasteiger charge is -2.58. The zero-order valence-electron chi connectivity index (χ0n) is 16.4. The number of benzene rings is 1. The van der Waals surface area contributed by atoms with Gasteiger partial charge in [-0.2, -0.15) is 0 Å². The quantitative estimate of drug-likeness (QED) is 0.803. The smallest absolute Gasteiger partial charge is 0.222 e. The maximum atomic E-state index is 12.7. The molecule has 1 unspecified atom stereocenters. The number of nitrogens with one attached hydrogen (secondary N) is 1. The van der Waals surface area contributed by atoms with Gasteiger partial charge in [0.05, 0.1) is 16.6 Å². The summed E-state index contributed by atoms with van der Waals surface area (Å²) in [7, 11) is 0. The summed E-state index contributed by atoms with van der Waals surface area (Å²) in [5.74, 6) is 0.148. The largest absolute Gasteiger partial charge is 0.364 e. The second kappa shape index (κ2) is 7.73. The number of piperidine rings is 1. The summed E-state index contributed by atoms with van der Waals surface area (Å²) >= 11 is 0. The van der Waals surface area contributed by atoms with Crippen molar-refractivity contribution in [3.63, 3.8) is 0 Å². The minimum Gasteiger partial charge on any atom is -0.364 e. The molecule has 2 fully saturated rings. The number of amides is 2. The Hall–Kier alpha value is -2.70. The van der Waals surface area contributed by atoms with Gasteiger partial charge < -0.3 is 15.1 Å². The van der Waals surface area contributed by atoms with Crippen LogP contribution in [0.3, 0.4) is 0 Å². The topological polar surface area (TPSA) is 78.4 Å². The Balaban J connectivity index is 1.42. The van der Waals surface area contributed by atoms with Crippen LogP contribution < -0.4 is 10.2 Å².